The Balaban J connectivity index is 2.19. The highest BCUT2D eigenvalue weighted by molar-refractivity contribution is 5.84. The third kappa shape index (κ3) is 5.17. The summed E-state index contributed by atoms with van der Waals surface area (Å²) in [7, 11) is 1.68. The number of amides is 2. The summed E-state index contributed by atoms with van der Waals surface area (Å²) in [6.07, 6.45) is 2.63. The van der Waals surface area contributed by atoms with Crippen molar-refractivity contribution in [3.8, 4) is 0 Å². The van der Waals surface area contributed by atoms with E-state index in [4.69, 9.17) is 0 Å². The van der Waals surface area contributed by atoms with Crippen molar-refractivity contribution < 1.29 is 9.59 Å². The van der Waals surface area contributed by atoms with Crippen LogP contribution in [0, 0.1) is 5.92 Å². The molecule has 0 aliphatic carbocycles. The van der Waals surface area contributed by atoms with Gasteiger partial charge in [-0.25, -0.2) is 0 Å². The van der Waals surface area contributed by atoms with Crippen LogP contribution in [0.15, 0.2) is 0 Å². The lowest BCUT2D eigenvalue weighted by atomic mass is 10.0. The number of carbonyl (C=O) groups is 2. The zero-order chi connectivity index (χ0) is 12.7. The second-order valence-electron chi connectivity index (χ2n) is 4.60. The molecule has 17 heavy (non-hydrogen) atoms. The van der Waals surface area contributed by atoms with Gasteiger partial charge in [0, 0.05) is 20.0 Å². The predicted octanol–water partition coefficient (Wildman–Crippen LogP) is -0.0294. The minimum atomic E-state index is -0.0918. The summed E-state index contributed by atoms with van der Waals surface area (Å²) >= 11 is 0. The van der Waals surface area contributed by atoms with Crippen LogP contribution in [0.5, 0.6) is 0 Å². The molecule has 1 aliphatic rings. The van der Waals surface area contributed by atoms with Crippen LogP contribution in [0.4, 0.5) is 0 Å². The molecule has 1 fully saturated rings. The molecule has 0 saturated carbocycles. The van der Waals surface area contributed by atoms with Gasteiger partial charge in [0.25, 0.3) is 0 Å². The van der Waals surface area contributed by atoms with E-state index < -0.39 is 0 Å². The quantitative estimate of drug-likeness (QED) is 0.686. The lowest BCUT2D eigenvalue weighted by Crippen LogP contribution is -2.38. The van der Waals surface area contributed by atoms with Gasteiger partial charge in [0.05, 0.1) is 6.54 Å². The maximum absolute atomic E-state index is 11.8. The van der Waals surface area contributed by atoms with E-state index in [0.717, 1.165) is 25.9 Å². The Labute approximate surface area is 103 Å². The molecule has 1 atom stereocenters. The van der Waals surface area contributed by atoms with Crippen molar-refractivity contribution in [2.45, 2.75) is 26.2 Å². The largest absolute Gasteiger partial charge is 0.355 e. The molecule has 1 aliphatic heterocycles. The Morgan fingerprint density at radius 2 is 2.24 bits per heavy atom. The summed E-state index contributed by atoms with van der Waals surface area (Å²) in [4.78, 5) is 24.6. The maximum atomic E-state index is 11.8. The molecule has 0 bridgehead atoms. The number of nitrogens with one attached hydrogen (secondary N) is 2. The minimum absolute atomic E-state index is 0.0585. The van der Waals surface area contributed by atoms with E-state index in [1.54, 1.807) is 7.05 Å². The Morgan fingerprint density at radius 3 is 2.82 bits per heavy atom. The standard InChI is InChI=1S/C12H23N3O2/c1-3-14-11(16)9-15(2)12(17)5-4-10-6-7-13-8-10/h10,13H,3-9H2,1-2H3,(H,14,16). The molecule has 5 heteroatoms. The second-order valence-corrected chi connectivity index (χ2v) is 4.60. The first-order valence-corrected chi connectivity index (χ1v) is 6.34. The monoisotopic (exact) mass is 241 g/mol. The van der Waals surface area contributed by atoms with Gasteiger partial charge in [0.15, 0.2) is 0 Å². The summed E-state index contributed by atoms with van der Waals surface area (Å²) in [6.45, 7) is 4.72. The van der Waals surface area contributed by atoms with Gasteiger partial charge in [0.1, 0.15) is 0 Å². The topological polar surface area (TPSA) is 61.4 Å². The van der Waals surface area contributed by atoms with E-state index in [9.17, 15) is 9.59 Å². The van der Waals surface area contributed by atoms with Crippen molar-refractivity contribution in [1.82, 2.24) is 15.5 Å². The number of hydrogen-bond acceptors (Lipinski definition) is 3. The Bertz CT molecular complexity index is 262. The van der Waals surface area contributed by atoms with E-state index in [1.165, 1.54) is 4.90 Å². The molecule has 1 rings (SSSR count). The van der Waals surface area contributed by atoms with Gasteiger partial charge >= 0.3 is 0 Å². The first-order chi connectivity index (χ1) is 8.13. The van der Waals surface area contributed by atoms with Crippen molar-refractivity contribution in [3.05, 3.63) is 0 Å². The fourth-order valence-corrected chi connectivity index (χ4v) is 2.04. The smallest absolute Gasteiger partial charge is 0.239 e. The fraction of sp³-hybridized carbons (Fsp3) is 0.833. The number of hydrogen-bond donors (Lipinski definition) is 2. The van der Waals surface area contributed by atoms with Crippen molar-refractivity contribution in [3.63, 3.8) is 0 Å². The van der Waals surface area contributed by atoms with Crippen LogP contribution in [0.2, 0.25) is 0 Å². The minimum Gasteiger partial charge on any atom is -0.355 e. The van der Waals surface area contributed by atoms with Crippen LogP contribution in [0.1, 0.15) is 26.2 Å². The Kier molecular flexibility index (Phi) is 5.97. The first-order valence-electron chi connectivity index (χ1n) is 6.34. The summed E-state index contributed by atoms with van der Waals surface area (Å²) in [5.41, 5.74) is 0. The van der Waals surface area contributed by atoms with Gasteiger partial charge in [-0.05, 0) is 38.8 Å². The zero-order valence-electron chi connectivity index (χ0n) is 10.8. The summed E-state index contributed by atoms with van der Waals surface area (Å²) in [5, 5.41) is 5.97. The predicted molar refractivity (Wildman–Crippen MR) is 66.5 cm³/mol. The van der Waals surface area contributed by atoms with Gasteiger partial charge in [-0.15, -0.1) is 0 Å². The molecule has 2 N–H and O–H groups in total. The number of carbonyl (C=O) groups excluding carboxylic acids is 2. The van der Waals surface area contributed by atoms with Gasteiger partial charge in [-0.1, -0.05) is 0 Å². The molecule has 0 aromatic carbocycles. The van der Waals surface area contributed by atoms with Crippen LogP contribution in [0.3, 0.4) is 0 Å². The molecule has 2 amide bonds. The van der Waals surface area contributed by atoms with E-state index in [2.05, 4.69) is 10.6 Å². The molecule has 1 unspecified atom stereocenters. The third-order valence-electron chi connectivity index (χ3n) is 3.11. The van der Waals surface area contributed by atoms with E-state index >= 15 is 0 Å². The van der Waals surface area contributed by atoms with Crippen LogP contribution in [-0.4, -0.2) is 49.9 Å². The van der Waals surface area contributed by atoms with Crippen LogP contribution >= 0.6 is 0 Å². The fourth-order valence-electron chi connectivity index (χ4n) is 2.04. The van der Waals surface area contributed by atoms with Crippen LogP contribution in [0.25, 0.3) is 0 Å². The van der Waals surface area contributed by atoms with Crippen molar-refractivity contribution in [1.29, 1.82) is 0 Å². The van der Waals surface area contributed by atoms with Crippen LogP contribution < -0.4 is 10.6 Å². The molecule has 0 aromatic heterocycles. The Hall–Kier alpha value is -1.10. The van der Waals surface area contributed by atoms with E-state index in [-0.39, 0.29) is 18.4 Å². The zero-order valence-corrected chi connectivity index (χ0v) is 10.8. The molecular weight excluding hydrogens is 218 g/mol. The van der Waals surface area contributed by atoms with Gasteiger partial charge < -0.3 is 15.5 Å². The molecule has 1 saturated heterocycles. The normalized spacial score (nSPS) is 19.1. The maximum Gasteiger partial charge on any atom is 0.239 e. The molecular formula is C12H23N3O2. The average molecular weight is 241 g/mol. The lowest BCUT2D eigenvalue weighted by Gasteiger charge is -2.17. The summed E-state index contributed by atoms with van der Waals surface area (Å²) in [5.74, 6) is 0.589. The average Bonchev–Trinajstić information content (AvgIpc) is 2.78. The van der Waals surface area contributed by atoms with E-state index in [1.807, 2.05) is 6.92 Å². The molecule has 0 spiro atoms. The number of likely N-dealkylation sites (N-methyl/N-ethyl adjacent to an activating group) is 2. The summed E-state index contributed by atoms with van der Waals surface area (Å²) in [6, 6.07) is 0. The first kappa shape index (κ1) is 14.0. The molecule has 0 radical (unpaired) electrons. The van der Waals surface area contributed by atoms with Crippen molar-refractivity contribution >= 4 is 11.8 Å². The van der Waals surface area contributed by atoms with Crippen LogP contribution in [-0.2, 0) is 9.59 Å². The highest BCUT2D eigenvalue weighted by atomic mass is 16.2. The van der Waals surface area contributed by atoms with Crippen molar-refractivity contribution in [2.24, 2.45) is 5.92 Å². The Morgan fingerprint density at radius 1 is 1.47 bits per heavy atom. The molecule has 98 valence electrons. The SMILES string of the molecule is CCNC(=O)CN(C)C(=O)CCC1CCNC1. The number of nitrogens with zero attached hydrogens (tertiary/aromatic N) is 1. The van der Waals surface area contributed by atoms with Gasteiger partial charge in [0.2, 0.25) is 11.8 Å². The molecule has 0 aromatic rings. The second kappa shape index (κ2) is 7.27. The van der Waals surface area contributed by atoms with Gasteiger partial charge in [-0.2, -0.15) is 0 Å². The van der Waals surface area contributed by atoms with Crippen molar-refractivity contribution in [2.75, 3.05) is 33.2 Å². The third-order valence-corrected chi connectivity index (χ3v) is 3.11. The molecule has 5 nitrogen and oxygen atoms in total. The van der Waals surface area contributed by atoms with Gasteiger partial charge in [-0.3, -0.25) is 9.59 Å². The highest BCUT2D eigenvalue weighted by Gasteiger charge is 2.18. The summed E-state index contributed by atoms with van der Waals surface area (Å²) < 4.78 is 0. The molecule has 1 heterocycles. The number of rotatable bonds is 6. The van der Waals surface area contributed by atoms with E-state index in [0.29, 0.717) is 18.9 Å². The highest BCUT2D eigenvalue weighted by Crippen LogP contribution is 2.14. The lowest BCUT2D eigenvalue weighted by molar-refractivity contribution is -0.134.